The molecule has 1 aromatic carbocycles. The van der Waals surface area contributed by atoms with E-state index in [1.807, 2.05) is 0 Å². The van der Waals surface area contributed by atoms with Gasteiger partial charge in [0.2, 0.25) is 0 Å². The van der Waals surface area contributed by atoms with Crippen molar-refractivity contribution in [1.29, 1.82) is 0 Å². The minimum atomic E-state index is -0.349. The number of fused-ring (bicyclic) bond motifs is 1. The highest BCUT2D eigenvalue weighted by molar-refractivity contribution is 5.93. The van der Waals surface area contributed by atoms with E-state index < -0.39 is 0 Å². The number of carbonyl (C=O) groups excluding carboxylic acids is 1. The molecule has 2 aromatic rings. The Kier molecular flexibility index (Phi) is 4.88. The number of benzene rings is 1. The number of rotatable bonds is 5. The summed E-state index contributed by atoms with van der Waals surface area (Å²) in [6.07, 6.45) is 3.48. The highest BCUT2D eigenvalue weighted by atomic mass is 16.2. The van der Waals surface area contributed by atoms with Gasteiger partial charge in [-0.05, 0) is 36.1 Å². The fourth-order valence-electron chi connectivity index (χ4n) is 2.95. The Balaban J connectivity index is 1.43. The van der Waals surface area contributed by atoms with Gasteiger partial charge in [0, 0.05) is 32.4 Å². The molecule has 0 saturated carbocycles. The van der Waals surface area contributed by atoms with Gasteiger partial charge in [-0.25, -0.2) is 0 Å². The molecule has 0 spiro atoms. The molecule has 120 valence electrons. The minimum absolute atomic E-state index is 0.166. The van der Waals surface area contributed by atoms with Crippen LogP contribution in [0.4, 0.5) is 0 Å². The molecule has 5 heteroatoms. The van der Waals surface area contributed by atoms with E-state index in [0.29, 0.717) is 6.54 Å². The Morgan fingerprint density at radius 1 is 1.17 bits per heavy atom. The second-order valence-corrected chi connectivity index (χ2v) is 5.82. The van der Waals surface area contributed by atoms with Crippen molar-refractivity contribution in [3.63, 3.8) is 0 Å². The maximum absolute atomic E-state index is 11.9. The highest BCUT2D eigenvalue weighted by Crippen LogP contribution is 2.18. The molecule has 1 aromatic heterocycles. The number of carbonyl (C=O) groups is 1. The van der Waals surface area contributed by atoms with Gasteiger partial charge in [0.05, 0.1) is 0 Å². The number of H-pyrrole nitrogens is 1. The largest absolute Gasteiger partial charge is 0.352 e. The van der Waals surface area contributed by atoms with Gasteiger partial charge >= 0.3 is 0 Å². The third-order valence-electron chi connectivity index (χ3n) is 4.21. The predicted octanol–water partition coefficient (Wildman–Crippen LogP) is 1.55. The van der Waals surface area contributed by atoms with Crippen molar-refractivity contribution in [3.8, 4) is 0 Å². The smallest absolute Gasteiger partial charge is 0.260 e. The average Bonchev–Trinajstić information content (AvgIpc) is 2.59. The van der Waals surface area contributed by atoms with Crippen LogP contribution in [0.1, 0.15) is 27.9 Å². The van der Waals surface area contributed by atoms with E-state index in [2.05, 4.69) is 39.5 Å². The molecule has 0 fully saturated rings. The maximum Gasteiger partial charge on any atom is 0.260 e. The van der Waals surface area contributed by atoms with Crippen molar-refractivity contribution in [3.05, 3.63) is 69.6 Å². The lowest BCUT2D eigenvalue weighted by Gasteiger charge is -2.28. The van der Waals surface area contributed by atoms with E-state index in [0.717, 1.165) is 32.5 Å². The maximum atomic E-state index is 11.9. The summed E-state index contributed by atoms with van der Waals surface area (Å²) in [5, 5.41) is 2.81. The number of nitrogens with zero attached hydrogens (tertiary/aromatic N) is 1. The lowest BCUT2D eigenvalue weighted by Crippen LogP contribution is -2.34. The third kappa shape index (κ3) is 3.87. The summed E-state index contributed by atoms with van der Waals surface area (Å²) in [6, 6.07) is 11.8. The third-order valence-corrected chi connectivity index (χ3v) is 4.21. The molecule has 1 amide bonds. The number of aromatic amines is 1. The van der Waals surface area contributed by atoms with Crippen LogP contribution in [0.2, 0.25) is 0 Å². The van der Waals surface area contributed by atoms with Crippen molar-refractivity contribution in [2.24, 2.45) is 0 Å². The van der Waals surface area contributed by atoms with Crippen molar-refractivity contribution in [2.45, 2.75) is 19.4 Å². The van der Waals surface area contributed by atoms with Crippen LogP contribution >= 0.6 is 0 Å². The van der Waals surface area contributed by atoms with Crippen molar-refractivity contribution >= 4 is 5.91 Å². The molecule has 0 aliphatic carbocycles. The SMILES string of the molecule is O=C(NCCCN1CCc2ccccc2C1)c1ccc[nH]c1=O. The van der Waals surface area contributed by atoms with Gasteiger partial charge in [-0.3, -0.25) is 14.5 Å². The first-order valence-electron chi connectivity index (χ1n) is 7.99. The van der Waals surface area contributed by atoms with E-state index in [1.165, 1.54) is 23.4 Å². The summed E-state index contributed by atoms with van der Waals surface area (Å²) >= 11 is 0. The second-order valence-electron chi connectivity index (χ2n) is 5.82. The molecule has 2 heterocycles. The van der Waals surface area contributed by atoms with Gasteiger partial charge < -0.3 is 10.3 Å². The monoisotopic (exact) mass is 311 g/mol. The van der Waals surface area contributed by atoms with Crippen LogP contribution in [0.5, 0.6) is 0 Å². The summed E-state index contributed by atoms with van der Waals surface area (Å²) in [7, 11) is 0. The van der Waals surface area contributed by atoms with Gasteiger partial charge in [0.15, 0.2) is 0 Å². The molecule has 23 heavy (non-hydrogen) atoms. The molecule has 5 nitrogen and oxygen atoms in total. The van der Waals surface area contributed by atoms with Crippen molar-refractivity contribution in [2.75, 3.05) is 19.6 Å². The highest BCUT2D eigenvalue weighted by Gasteiger charge is 2.15. The number of hydrogen-bond acceptors (Lipinski definition) is 3. The quantitative estimate of drug-likeness (QED) is 0.824. The Morgan fingerprint density at radius 3 is 2.83 bits per heavy atom. The van der Waals surface area contributed by atoms with Crippen molar-refractivity contribution < 1.29 is 4.79 Å². The molecular formula is C18H21N3O2. The fraction of sp³-hybridized carbons (Fsp3) is 0.333. The molecule has 0 saturated heterocycles. The van der Waals surface area contributed by atoms with E-state index in [4.69, 9.17) is 0 Å². The zero-order valence-electron chi connectivity index (χ0n) is 13.0. The Hall–Kier alpha value is -2.40. The van der Waals surface area contributed by atoms with E-state index in [9.17, 15) is 9.59 Å². The first-order chi connectivity index (χ1) is 11.2. The lowest BCUT2D eigenvalue weighted by atomic mass is 10.00. The van der Waals surface area contributed by atoms with Crippen LogP contribution in [0, 0.1) is 0 Å². The van der Waals surface area contributed by atoms with Crippen LogP contribution in [0.3, 0.4) is 0 Å². The zero-order valence-corrected chi connectivity index (χ0v) is 13.0. The van der Waals surface area contributed by atoms with Gasteiger partial charge in [-0.2, -0.15) is 0 Å². The van der Waals surface area contributed by atoms with E-state index >= 15 is 0 Å². The summed E-state index contributed by atoms with van der Waals surface area (Å²) in [5.41, 5.74) is 2.66. The fourth-order valence-corrected chi connectivity index (χ4v) is 2.95. The predicted molar refractivity (Wildman–Crippen MR) is 89.4 cm³/mol. The Bertz CT molecular complexity index is 739. The lowest BCUT2D eigenvalue weighted by molar-refractivity contribution is 0.0949. The zero-order chi connectivity index (χ0) is 16.1. The summed E-state index contributed by atoms with van der Waals surface area (Å²) in [4.78, 5) is 28.4. The molecule has 1 aliphatic heterocycles. The summed E-state index contributed by atoms with van der Waals surface area (Å²) in [5.74, 6) is -0.309. The van der Waals surface area contributed by atoms with Crippen LogP contribution in [-0.2, 0) is 13.0 Å². The Morgan fingerprint density at radius 2 is 2.00 bits per heavy atom. The van der Waals surface area contributed by atoms with Crippen LogP contribution in [-0.4, -0.2) is 35.4 Å². The summed E-state index contributed by atoms with van der Waals surface area (Å²) in [6.45, 7) is 3.55. The molecule has 0 unspecified atom stereocenters. The summed E-state index contributed by atoms with van der Waals surface area (Å²) < 4.78 is 0. The number of hydrogen-bond donors (Lipinski definition) is 2. The van der Waals surface area contributed by atoms with Crippen LogP contribution in [0.25, 0.3) is 0 Å². The topological polar surface area (TPSA) is 65.2 Å². The number of aromatic nitrogens is 1. The van der Waals surface area contributed by atoms with E-state index in [1.54, 1.807) is 6.07 Å². The molecule has 0 radical (unpaired) electrons. The number of nitrogens with one attached hydrogen (secondary N) is 2. The molecular weight excluding hydrogens is 290 g/mol. The molecule has 2 N–H and O–H groups in total. The first kappa shape index (κ1) is 15.5. The molecule has 0 atom stereocenters. The molecule has 3 rings (SSSR count). The van der Waals surface area contributed by atoms with Gasteiger partial charge in [0.25, 0.3) is 11.5 Å². The standard InChI is InChI=1S/C18H21N3O2/c22-17-16(7-3-9-19-17)18(23)20-10-4-11-21-12-8-14-5-1-2-6-15(14)13-21/h1-3,5-7,9H,4,8,10-13H2,(H,19,22)(H,20,23). The minimum Gasteiger partial charge on any atom is -0.352 e. The average molecular weight is 311 g/mol. The first-order valence-corrected chi connectivity index (χ1v) is 7.99. The Labute approximate surface area is 135 Å². The van der Waals surface area contributed by atoms with Gasteiger partial charge in [-0.15, -0.1) is 0 Å². The molecule has 0 bridgehead atoms. The normalized spacial score (nSPS) is 14.3. The molecule has 1 aliphatic rings. The van der Waals surface area contributed by atoms with Gasteiger partial charge in [-0.1, -0.05) is 24.3 Å². The van der Waals surface area contributed by atoms with Gasteiger partial charge in [0.1, 0.15) is 5.56 Å². The van der Waals surface area contributed by atoms with Crippen LogP contribution in [0.15, 0.2) is 47.4 Å². The number of amides is 1. The number of pyridine rings is 1. The van der Waals surface area contributed by atoms with E-state index in [-0.39, 0.29) is 17.0 Å². The second kappa shape index (κ2) is 7.24. The van der Waals surface area contributed by atoms with Crippen molar-refractivity contribution in [1.82, 2.24) is 15.2 Å². The van der Waals surface area contributed by atoms with Crippen LogP contribution < -0.4 is 10.9 Å².